The lowest BCUT2D eigenvalue weighted by molar-refractivity contribution is -0.136. The number of carbonyl (C=O) groups is 2. The van der Waals surface area contributed by atoms with Crippen LogP contribution in [0.4, 0.5) is 5.69 Å². The van der Waals surface area contributed by atoms with Crippen LogP contribution in [0.15, 0.2) is 18.2 Å². The molecule has 5 nitrogen and oxygen atoms in total. The quantitative estimate of drug-likeness (QED) is 0.715. The van der Waals surface area contributed by atoms with Crippen molar-refractivity contribution in [3.05, 3.63) is 29.3 Å². The highest BCUT2D eigenvalue weighted by atomic mass is 16.3. The first-order valence-corrected chi connectivity index (χ1v) is 6.77. The van der Waals surface area contributed by atoms with Gasteiger partial charge in [0, 0.05) is 18.3 Å². The van der Waals surface area contributed by atoms with E-state index < -0.39 is 11.8 Å². The van der Waals surface area contributed by atoms with Crippen LogP contribution in [0.3, 0.4) is 0 Å². The van der Waals surface area contributed by atoms with Gasteiger partial charge in [0.25, 0.3) is 0 Å². The molecule has 0 fully saturated rings. The van der Waals surface area contributed by atoms with Gasteiger partial charge in [-0.2, -0.15) is 0 Å². The van der Waals surface area contributed by atoms with Crippen LogP contribution in [0.25, 0.3) is 0 Å². The summed E-state index contributed by atoms with van der Waals surface area (Å²) >= 11 is 0. The van der Waals surface area contributed by atoms with Crippen LogP contribution in [0.5, 0.6) is 0 Å². The minimum Gasteiger partial charge on any atom is -0.396 e. The van der Waals surface area contributed by atoms with Crippen molar-refractivity contribution in [1.82, 2.24) is 5.32 Å². The van der Waals surface area contributed by atoms with E-state index in [1.54, 1.807) is 6.07 Å². The lowest BCUT2D eigenvalue weighted by Crippen LogP contribution is -2.42. The molecule has 0 aliphatic heterocycles. The van der Waals surface area contributed by atoms with Gasteiger partial charge in [-0.3, -0.25) is 9.59 Å². The number of hydrogen-bond acceptors (Lipinski definition) is 3. The minimum absolute atomic E-state index is 0.0164. The normalized spacial score (nSPS) is 11.8. The molecule has 5 heteroatoms. The van der Waals surface area contributed by atoms with Gasteiger partial charge < -0.3 is 15.7 Å². The summed E-state index contributed by atoms with van der Waals surface area (Å²) in [6.07, 6.45) is 1.11. The maximum absolute atomic E-state index is 11.8. The summed E-state index contributed by atoms with van der Waals surface area (Å²) < 4.78 is 0. The van der Waals surface area contributed by atoms with E-state index in [0.717, 1.165) is 11.1 Å². The molecule has 110 valence electrons. The maximum atomic E-state index is 11.8. The van der Waals surface area contributed by atoms with Gasteiger partial charge in [0.1, 0.15) is 0 Å². The Morgan fingerprint density at radius 2 is 1.95 bits per heavy atom. The van der Waals surface area contributed by atoms with E-state index in [2.05, 4.69) is 10.6 Å². The Morgan fingerprint density at radius 3 is 2.50 bits per heavy atom. The minimum atomic E-state index is -0.687. The Hall–Kier alpha value is -1.88. The maximum Gasteiger partial charge on any atom is 0.313 e. The van der Waals surface area contributed by atoms with E-state index in [4.69, 9.17) is 5.11 Å². The molecule has 1 aromatic carbocycles. The molecule has 20 heavy (non-hydrogen) atoms. The molecule has 0 saturated carbocycles. The van der Waals surface area contributed by atoms with E-state index in [1.165, 1.54) is 0 Å². The number of hydrogen-bond donors (Lipinski definition) is 3. The second-order valence-corrected chi connectivity index (χ2v) is 4.86. The Bertz CT molecular complexity index is 486. The van der Waals surface area contributed by atoms with Crippen LogP contribution in [-0.4, -0.2) is 29.6 Å². The topological polar surface area (TPSA) is 78.4 Å². The van der Waals surface area contributed by atoms with E-state index >= 15 is 0 Å². The SMILES string of the molecule is CCC(CCO)NC(=O)C(=O)Nc1ccc(C)cc1C. The van der Waals surface area contributed by atoms with Gasteiger partial charge in [0.05, 0.1) is 0 Å². The second kappa shape index (κ2) is 7.65. The molecule has 0 saturated heterocycles. The van der Waals surface area contributed by atoms with Crippen molar-refractivity contribution in [1.29, 1.82) is 0 Å². The lowest BCUT2D eigenvalue weighted by atomic mass is 10.1. The molecule has 0 spiro atoms. The van der Waals surface area contributed by atoms with Crippen LogP contribution in [0.1, 0.15) is 30.9 Å². The summed E-state index contributed by atoms with van der Waals surface area (Å²) in [5, 5.41) is 14.1. The van der Waals surface area contributed by atoms with Gasteiger partial charge in [-0.15, -0.1) is 0 Å². The molecule has 0 radical (unpaired) electrons. The molecule has 0 bridgehead atoms. The zero-order valence-electron chi connectivity index (χ0n) is 12.2. The van der Waals surface area contributed by atoms with E-state index in [1.807, 2.05) is 32.9 Å². The zero-order valence-corrected chi connectivity index (χ0v) is 12.2. The highest BCUT2D eigenvalue weighted by Gasteiger charge is 2.18. The Balaban J connectivity index is 2.63. The highest BCUT2D eigenvalue weighted by molar-refractivity contribution is 6.39. The highest BCUT2D eigenvalue weighted by Crippen LogP contribution is 2.15. The van der Waals surface area contributed by atoms with Crippen LogP contribution >= 0.6 is 0 Å². The molecular weight excluding hydrogens is 256 g/mol. The van der Waals surface area contributed by atoms with E-state index in [0.29, 0.717) is 18.5 Å². The third-order valence-corrected chi connectivity index (χ3v) is 3.14. The number of aliphatic hydroxyl groups excluding tert-OH is 1. The molecule has 0 aliphatic rings. The first kappa shape index (κ1) is 16.2. The summed E-state index contributed by atoms with van der Waals surface area (Å²) in [7, 11) is 0. The predicted octanol–water partition coefficient (Wildman–Crippen LogP) is 1.52. The van der Waals surface area contributed by atoms with Crippen molar-refractivity contribution in [3.63, 3.8) is 0 Å². The fourth-order valence-corrected chi connectivity index (χ4v) is 1.92. The monoisotopic (exact) mass is 278 g/mol. The molecule has 0 aliphatic carbocycles. The number of nitrogens with one attached hydrogen (secondary N) is 2. The van der Waals surface area contributed by atoms with Gasteiger partial charge in [-0.25, -0.2) is 0 Å². The molecule has 1 unspecified atom stereocenters. The summed E-state index contributed by atoms with van der Waals surface area (Å²) in [5.74, 6) is -1.36. The summed E-state index contributed by atoms with van der Waals surface area (Å²) in [6, 6.07) is 5.41. The molecule has 1 rings (SSSR count). The van der Waals surface area contributed by atoms with E-state index in [9.17, 15) is 9.59 Å². The van der Waals surface area contributed by atoms with Crippen LogP contribution < -0.4 is 10.6 Å². The van der Waals surface area contributed by atoms with Crippen molar-refractivity contribution in [2.75, 3.05) is 11.9 Å². The number of benzene rings is 1. The van der Waals surface area contributed by atoms with Gasteiger partial charge in [0.2, 0.25) is 0 Å². The molecule has 0 heterocycles. The molecule has 0 aromatic heterocycles. The molecule has 3 N–H and O–H groups in total. The smallest absolute Gasteiger partial charge is 0.313 e. The fraction of sp³-hybridized carbons (Fsp3) is 0.467. The Morgan fingerprint density at radius 1 is 1.25 bits per heavy atom. The number of anilines is 1. The average Bonchev–Trinajstić information content (AvgIpc) is 2.41. The molecular formula is C15H22N2O3. The van der Waals surface area contributed by atoms with Crippen molar-refractivity contribution in [2.24, 2.45) is 0 Å². The Labute approximate surface area is 119 Å². The predicted molar refractivity (Wildman–Crippen MR) is 78.5 cm³/mol. The lowest BCUT2D eigenvalue weighted by Gasteiger charge is -2.15. The number of rotatable bonds is 5. The first-order chi connectivity index (χ1) is 9.47. The Kier molecular flexibility index (Phi) is 6.18. The van der Waals surface area contributed by atoms with Crippen molar-refractivity contribution in [3.8, 4) is 0 Å². The summed E-state index contributed by atoms with van der Waals surface area (Å²) in [4.78, 5) is 23.6. The van der Waals surface area contributed by atoms with E-state index in [-0.39, 0.29) is 12.6 Å². The number of aliphatic hydroxyl groups is 1. The van der Waals surface area contributed by atoms with Crippen LogP contribution in [0.2, 0.25) is 0 Å². The number of carbonyl (C=O) groups excluding carboxylic acids is 2. The van der Waals surface area contributed by atoms with Gasteiger partial charge in [0.15, 0.2) is 0 Å². The molecule has 1 atom stereocenters. The van der Waals surface area contributed by atoms with Gasteiger partial charge in [-0.1, -0.05) is 24.6 Å². The third kappa shape index (κ3) is 4.66. The third-order valence-electron chi connectivity index (χ3n) is 3.14. The number of aryl methyl sites for hydroxylation is 2. The second-order valence-electron chi connectivity index (χ2n) is 4.86. The molecule has 2 amide bonds. The number of amides is 2. The largest absolute Gasteiger partial charge is 0.396 e. The molecule has 1 aromatic rings. The van der Waals surface area contributed by atoms with Crippen molar-refractivity contribution < 1.29 is 14.7 Å². The average molecular weight is 278 g/mol. The fourth-order valence-electron chi connectivity index (χ4n) is 1.92. The van der Waals surface area contributed by atoms with Crippen LogP contribution in [0, 0.1) is 13.8 Å². The summed E-state index contributed by atoms with van der Waals surface area (Å²) in [6.45, 7) is 5.72. The van der Waals surface area contributed by atoms with Gasteiger partial charge >= 0.3 is 11.8 Å². The van der Waals surface area contributed by atoms with Crippen molar-refractivity contribution >= 4 is 17.5 Å². The van der Waals surface area contributed by atoms with Gasteiger partial charge in [-0.05, 0) is 38.3 Å². The first-order valence-electron chi connectivity index (χ1n) is 6.77. The zero-order chi connectivity index (χ0) is 15.1. The van der Waals surface area contributed by atoms with Crippen LogP contribution in [-0.2, 0) is 9.59 Å². The summed E-state index contributed by atoms with van der Waals surface area (Å²) in [5.41, 5.74) is 2.64. The standard InChI is InChI=1S/C15H22N2O3/c1-4-12(7-8-18)16-14(19)15(20)17-13-6-5-10(2)9-11(13)3/h5-6,9,12,18H,4,7-8H2,1-3H3,(H,16,19)(H,17,20). The van der Waals surface area contributed by atoms with Crippen molar-refractivity contribution in [2.45, 2.75) is 39.7 Å².